The van der Waals surface area contributed by atoms with Gasteiger partial charge in [-0.2, -0.15) is 0 Å². The Morgan fingerprint density at radius 2 is 1.15 bits per heavy atom. The van der Waals surface area contributed by atoms with Crippen molar-refractivity contribution in [3.63, 3.8) is 0 Å². The Labute approximate surface area is 158 Å². The molecule has 0 saturated carbocycles. The summed E-state index contributed by atoms with van der Waals surface area (Å²) >= 11 is 0. The van der Waals surface area contributed by atoms with Gasteiger partial charge >= 0.3 is 6.03 Å². The number of benzene rings is 3. The fourth-order valence-corrected chi connectivity index (χ4v) is 2.98. The minimum atomic E-state index is -0.625. The molecule has 0 saturated heterocycles. The lowest BCUT2D eigenvalue weighted by Gasteiger charge is -2.18. The Kier molecular flexibility index (Phi) is 5.84. The van der Waals surface area contributed by atoms with E-state index < -0.39 is 6.03 Å². The van der Waals surface area contributed by atoms with Crippen molar-refractivity contribution in [3.8, 4) is 0 Å². The number of rotatable bonds is 6. The van der Waals surface area contributed by atoms with Crippen molar-refractivity contribution in [2.75, 3.05) is 10.6 Å². The van der Waals surface area contributed by atoms with Gasteiger partial charge in [0.2, 0.25) is 5.91 Å². The minimum Gasteiger partial charge on any atom is -0.351 e. The molecule has 0 spiro atoms. The largest absolute Gasteiger partial charge is 0.351 e. The molecule has 0 bridgehead atoms. The molecule has 5 heteroatoms. The van der Waals surface area contributed by atoms with Gasteiger partial charge in [0.15, 0.2) is 0 Å². The number of nitrogens with two attached hydrogens (primary N) is 1. The number of urea groups is 1. The van der Waals surface area contributed by atoms with E-state index in [0.29, 0.717) is 17.8 Å². The highest BCUT2D eigenvalue weighted by Gasteiger charge is 2.18. The summed E-state index contributed by atoms with van der Waals surface area (Å²) in [6, 6.07) is 26.2. The maximum absolute atomic E-state index is 12.6. The number of amides is 3. The first-order chi connectivity index (χ1) is 13.1. The molecule has 3 aromatic carbocycles. The molecular formula is C22H21N3O2. The molecule has 3 aromatic rings. The molecule has 4 N–H and O–H groups in total. The predicted molar refractivity (Wildman–Crippen MR) is 108 cm³/mol. The van der Waals surface area contributed by atoms with Crippen LogP contribution in [0.15, 0.2) is 84.9 Å². The van der Waals surface area contributed by atoms with Crippen molar-refractivity contribution in [2.24, 2.45) is 5.73 Å². The summed E-state index contributed by atoms with van der Waals surface area (Å²) in [5.41, 5.74) is 8.52. The molecular weight excluding hydrogens is 338 g/mol. The number of primary amides is 1. The second-order valence-corrected chi connectivity index (χ2v) is 6.19. The van der Waals surface area contributed by atoms with Crippen LogP contribution in [0.1, 0.15) is 23.5 Å². The molecule has 0 radical (unpaired) electrons. The van der Waals surface area contributed by atoms with Gasteiger partial charge in [0.1, 0.15) is 0 Å². The van der Waals surface area contributed by atoms with Crippen LogP contribution in [0.3, 0.4) is 0 Å². The molecule has 0 atom stereocenters. The van der Waals surface area contributed by atoms with Crippen molar-refractivity contribution in [2.45, 2.75) is 12.3 Å². The smallest absolute Gasteiger partial charge is 0.316 e. The average molecular weight is 359 g/mol. The van der Waals surface area contributed by atoms with E-state index in [1.165, 1.54) is 0 Å². The van der Waals surface area contributed by atoms with Crippen molar-refractivity contribution in [3.05, 3.63) is 96.1 Å². The standard InChI is InChI=1S/C22H21N3O2/c23-22(27)25-19-13-11-18(12-14-19)24-21(26)15-20(16-7-3-1-4-8-16)17-9-5-2-6-10-17/h1-14,20H,15H2,(H,24,26)(H3,23,25,27). The summed E-state index contributed by atoms with van der Waals surface area (Å²) in [6.07, 6.45) is 0.329. The van der Waals surface area contributed by atoms with Gasteiger partial charge in [-0.05, 0) is 35.4 Å². The van der Waals surface area contributed by atoms with Crippen LogP contribution in [-0.2, 0) is 4.79 Å². The van der Waals surface area contributed by atoms with Gasteiger partial charge in [-0.1, -0.05) is 60.7 Å². The zero-order valence-electron chi connectivity index (χ0n) is 14.8. The van der Waals surface area contributed by atoms with Crippen molar-refractivity contribution < 1.29 is 9.59 Å². The molecule has 5 nitrogen and oxygen atoms in total. The number of hydrogen-bond acceptors (Lipinski definition) is 2. The van der Waals surface area contributed by atoms with Crippen LogP contribution in [0.4, 0.5) is 16.2 Å². The summed E-state index contributed by atoms with van der Waals surface area (Å²) in [6.45, 7) is 0. The lowest BCUT2D eigenvalue weighted by molar-refractivity contribution is -0.116. The van der Waals surface area contributed by atoms with Gasteiger partial charge in [0.25, 0.3) is 0 Å². The van der Waals surface area contributed by atoms with Gasteiger partial charge in [-0.3, -0.25) is 4.79 Å². The second-order valence-electron chi connectivity index (χ2n) is 6.19. The van der Waals surface area contributed by atoms with Gasteiger partial charge in [-0.15, -0.1) is 0 Å². The van der Waals surface area contributed by atoms with Crippen LogP contribution < -0.4 is 16.4 Å². The third-order valence-corrected chi connectivity index (χ3v) is 4.23. The number of carbonyl (C=O) groups is 2. The molecule has 0 aromatic heterocycles. The summed E-state index contributed by atoms with van der Waals surface area (Å²) in [5.74, 6) is -0.105. The molecule has 27 heavy (non-hydrogen) atoms. The highest BCUT2D eigenvalue weighted by atomic mass is 16.2. The summed E-state index contributed by atoms with van der Waals surface area (Å²) in [7, 11) is 0. The van der Waals surface area contributed by atoms with Crippen molar-refractivity contribution in [1.29, 1.82) is 0 Å². The highest BCUT2D eigenvalue weighted by Crippen LogP contribution is 2.28. The molecule has 3 rings (SSSR count). The van der Waals surface area contributed by atoms with E-state index in [-0.39, 0.29) is 11.8 Å². The van der Waals surface area contributed by atoms with Gasteiger partial charge < -0.3 is 16.4 Å². The maximum Gasteiger partial charge on any atom is 0.316 e. The molecule has 0 unspecified atom stereocenters. The topological polar surface area (TPSA) is 84.2 Å². The second kappa shape index (κ2) is 8.67. The number of hydrogen-bond donors (Lipinski definition) is 3. The van der Waals surface area contributed by atoms with E-state index in [1.807, 2.05) is 60.7 Å². The zero-order valence-corrected chi connectivity index (χ0v) is 14.8. The maximum atomic E-state index is 12.6. The highest BCUT2D eigenvalue weighted by molar-refractivity contribution is 5.92. The van der Waals surface area contributed by atoms with E-state index >= 15 is 0 Å². The monoisotopic (exact) mass is 359 g/mol. The van der Waals surface area contributed by atoms with Gasteiger partial charge in [0.05, 0.1) is 0 Å². The van der Waals surface area contributed by atoms with Crippen LogP contribution in [0, 0.1) is 0 Å². The Balaban J connectivity index is 1.72. The van der Waals surface area contributed by atoms with E-state index in [4.69, 9.17) is 5.73 Å². The lowest BCUT2D eigenvalue weighted by Crippen LogP contribution is -2.19. The first-order valence-electron chi connectivity index (χ1n) is 8.68. The fraction of sp³-hybridized carbons (Fsp3) is 0.0909. The van der Waals surface area contributed by atoms with Crippen LogP contribution in [-0.4, -0.2) is 11.9 Å². The van der Waals surface area contributed by atoms with E-state index in [9.17, 15) is 9.59 Å². The Morgan fingerprint density at radius 3 is 1.59 bits per heavy atom. The molecule has 3 amide bonds. The van der Waals surface area contributed by atoms with Crippen LogP contribution in [0.5, 0.6) is 0 Å². The molecule has 0 heterocycles. The summed E-state index contributed by atoms with van der Waals surface area (Å²) in [4.78, 5) is 23.5. The summed E-state index contributed by atoms with van der Waals surface area (Å²) in [5, 5.41) is 5.40. The van der Waals surface area contributed by atoms with E-state index in [2.05, 4.69) is 10.6 Å². The van der Waals surface area contributed by atoms with Crippen LogP contribution >= 0.6 is 0 Å². The van der Waals surface area contributed by atoms with Gasteiger partial charge in [0, 0.05) is 23.7 Å². The molecule has 0 fully saturated rings. The minimum absolute atomic E-state index is 0.0248. The van der Waals surface area contributed by atoms with Gasteiger partial charge in [-0.25, -0.2) is 4.79 Å². The third-order valence-electron chi connectivity index (χ3n) is 4.23. The first kappa shape index (κ1) is 18.2. The quantitative estimate of drug-likeness (QED) is 0.612. The number of anilines is 2. The number of carbonyl (C=O) groups excluding carboxylic acids is 2. The number of nitrogens with one attached hydrogen (secondary N) is 2. The van der Waals surface area contributed by atoms with Crippen LogP contribution in [0.25, 0.3) is 0 Å². The Hall–Kier alpha value is -3.60. The summed E-state index contributed by atoms with van der Waals surface area (Å²) < 4.78 is 0. The predicted octanol–water partition coefficient (Wildman–Crippen LogP) is 4.34. The molecule has 136 valence electrons. The lowest BCUT2D eigenvalue weighted by atomic mass is 9.88. The third kappa shape index (κ3) is 5.19. The van der Waals surface area contributed by atoms with E-state index in [1.54, 1.807) is 24.3 Å². The van der Waals surface area contributed by atoms with Crippen LogP contribution in [0.2, 0.25) is 0 Å². The molecule has 0 aliphatic heterocycles. The molecule has 0 aliphatic rings. The normalized spacial score (nSPS) is 10.4. The SMILES string of the molecule is NC(=O)Nc1ccc(NC(=O)CC(c2ccccc2)c2ccccc2)cc1. The van der Waals surface area contributed by atoms with Crippen molar-refractivity contribution in [1.82, 2.24) is 0 Å². The molecule has 0 aliphatic carbocycles. The van der Waals surface area contributed by atoms with Crippen molar-refractivity contribution >= 4 is 23.3 Å². The van der Waals surface area contributed by atoms with E-state index in [0.717, 1.165) is 11.1 Å². The first-order valence-corrected chi connectivity index (χ1v) is 8.68. The Bertz CT molecular complexity index is 854. The fourth-order valence-electron chi connectivity index (χ4n) is 2.98. The average Bonchev–Trinajstić information content (AvgIpc) is 2.69. The Morgan fingerprint density at radius 1 is 0.704 bits per heavy atom. The zero-order chi connectivity index (χ0) is 19.1.